The van der Waals surface area contributed by atoms with Crippen molar-refractivity contribution in [2.75, 3.05) is 5.32 Å². The zero-order chi connectivity index (χ0) is 9.80. The summed E-state index contributed by atoms with van der Waals surface area (Å²) < 4.78 is 0. The Morgan fingerprint density at radius 2 is 1.93 bits per heavy atom. The van der Waals surface area contributed by atoms with Gasteiger partial charge >= 0.3 is 0 Å². The van der Waals surface area contributed by atoms with Crippen molar-refractivity contribution < 1.29 is 0 Å². The molecule has 5 heteroatoms. The predicted octanol–water partition coefficient (Wildman–Crippen LogP) is 2.17. The maximum atomic E-state index is 4.83. The molecule has 0 amide bonds. The Kier molecular flexibility index (Phi) is 2.51. The van der Waals surface area contributed by atoms with Gasteiger partial charge in [-0.05, 0) is 30.8 Å². The first kappa shape index (κ1) is 8.83. The minimum absolute atomic E-state index is 0.325. The summed E-state index contributed by atoms with van der Waals surface area (Å²) in [6.07, 6.45) is 3.32. The first-order valence-electron chi connectivity index (χ1n) is 4.03. The summed E-state index contributed by atoms with van der Waals surface area (Å²) in [6, 6.07) is 7.34. The van der Waals surface area contributed by atoms with E-state index in [1.165, 1.54) is 0 Å². The van der Waals surface area contributed by atoms with Gasteiger partial charge in [-0.15, -0.1) is 0 Å². The third-order valence-corrected chi connectivity index (χ3v) is 1.75. The second kappa shape index (κ2) is 3.97. The molecule has 0 fully saturated rings. The summed E-state index contributed by atoms with van der Waals surface area (Å²) in [4.78, 5) is 11.9. The normalized spacial score (nSPS) is 9.71. The van der Waals surface area contributed by atoms with E-state index in [1.54, 1.807) is 18.5 Å². The number of hydrogen-bond acceptors (Lipinski definition) is 4. The zero-order valence-corrected chi connectivity index (χ0v) is 8.03. The summed E-state index contributed by atoms with van der Waals surface area (Å²) in [6.45, 7) is 0. The number of nitrogens with one attached hydrogen (secondary N) is 1. The molecule has 69 valence electrons. The molecular formula is C9H7N4S. The van der Waals surface area contributed by atoms with Gasteiger partial charge in [0.15, 0.2) is 0 Å². The smallest absolute Gasteiger partial charge is 0.221 e. The molecular weight excluding hydrogens is 196 g/mol. The van der Waals surface area contributed by atoms with Crippen LogP contribution < -0.4 is 5.32 Å². The van der Waals surface area contributed by atoms with Crippen LogP contribution in [-0.4, -0.2) is 15.0 Å². The lowest BCUT2D eigenvalue weighted by Crippen LogP contribution is -1.96. The van der Waals surface area contributed by atoms with Gasteiger partial charge in [-0.1, -0.05) is 6.07 Å². The Hall–Kier alpha value is -1.75. The zero-order valence-electron chi connectivity index (χ0n) is 7.21. The second-order valence-electron chi connectivity index (χ2n) is 2.56. The molecule has 0 aliphatic carbocycles. The number of anilines is 2. The minimum Gasteiger partial charge on any atom is -0.325 e. The van der Waals surface area contributed by atoms with Gasteiger partial charge in [0, 0.05) is 12.4 Å². The van der Waals surface area contributed by atoms with Gasteiger partial charge in [0.05, 0.1) is 0 Å². The Labute approximate surface area is 86.9 Å². The molecule has 0 bridgehead atoms. The van der Waals surface area contributed by atoms with Crippen LogP contribution in [0.1, 0.15) is 0 Å². The molecule has 0 spiro atoms. The summed E-state index contributed by atoms with van der Waals surface area (Å²) in [7, 11) is 0. The van der Waals surface area contributed by atoms with Crippen LogP contribution in [0.15, 0.2) is 41.8 Å². The lowest BCUT2D eigenvalue weighted by Gasteiger charge is -2.02. The summed E-state index contributed by atoms with van der Waals surface area (Å²) >= 11 is 4.83. The van der Waals surface area contributed by atoms with E-state index >= 15 is 0 Å². The number of hydrogen-bond donors (Lipinski definition) is 1. The number of nitrogens with zero attached hydrogens (tertiary/aromatic N) is 3. The predicted molar refractivity (Wildman–Crippen MR) is 55.4 cm³/mol. The van der Waals surface area contributed by atoms with Gasteiger partial charge in [-0.2, -0.15) is 0 Å². The van der Waals surface area contributed by atoms with Crippen LogP contribution in [0.2, 0.25) is 0 Å². The van der Waals surface area contributed by atoms with Gasteiger partial charge in [-0.25, -0.2) is 15.0 Å². The van der Waals surface area contributed by atoms with Crippen LogP contribution in [0.4, 0.5) is 11.6 Å². The topological polar surface area (TPSA) is 50.7 Å². The van der Waals surface area contributed by atoms with E-state index in [4.69, 9.17) is 12.6 Å². The third-order valence-electron chi connectivity index (χ3n) is 1.55. The SMILES string of the molecule is [S]c1nccc(Nc2ccccn2)n1. The highest BCUT2D eigenvalue weighted by molar-refractivity contribution is 7.80. The van der Waals surface area contributed by atoms with Crippen LogP contribution in [0.25, 0.3) is 0 Å². The maximum absolute atomic E-state index is 4.83. The molecule has 2 rings (SSSR count). The van der Waals surface area contributed by atoms with E-state index in [0.29, 0.717) is 11.0 Å². The number of aromatic nitrogens is 3. The molecule has 1 radical (unpaired) electrons. The Morgan fingerprint density at radius 3 is 2.64 bits per heavy atom. The van der Waals surface area contributed by atoms with Crippen molar-refractivity contribution in [1.82, 2.24) is 15.0 Å². The minimum atomic E-state index is 0.325. The third kappa shape index (κ3) is 2.14. The van der Waals surface area contributed by atoms with Gasteiger partial charge in [-0.3, -0.25) is 0 Å². The van der Waals surface area contributed by atoms with Crippen LogP contribution >= 0.6 is 12.6 Å². The average molecular weight is 203 g/mol. The van der Waals surface area contributed by atoms with Gasteiger partial charge in [0.1, 0.15) is 11.6 Å². The quantitative estimate of drug-likeness (QED) is 0.760. The molecule has 2 aromatic heterocycles. The van der Waals surface area contributed by atoms with Crippen molar-refractivity contribution in [3.63, 3.8) is 0 Å². The van der Waals surface area contributed by atoms with E-state index in [9.17, 15) is 0 Å². The van der Waals surface area contributed by atoms with Gasteiger partial charge in [0.2, 0.25) is 5.16 Å². The lowest BCUT2D eigenvalue weighted by molar-refractivity contribution is 0.978. The van der Waals surface area contributed by atoms with Crippen molar-refractivity contribution in [3.05, 3.63) is 36.7 Å². The molecule has 0 aliphatic rings. The van der Waals surface area contributed by atoms with Crippen LogP contribution in [0.3, 0.4) is 0 Å². The van der Waals surface area contributed by atoms with Crippen molar-refractivity contribution in [2.45, 2.75) is 5.16 Å². The highest BCUT2D eigenvalue weighted by Gasteiger charge is 1.96. The highest BCUT2D eigenvalue weighted by atomic mass is 32.1. The molecule has 2 heterocycles. The summed E-state index contributed by atoms with van der Waals surface area (Å²) in [5.41, 5.74) is 0. The summed E-state index contributed by atoms with van der Waals surface area (Å²) in [5.74, 6) is 1.39. The first-order valence-corrected chi connectivity index (χ1v) is 4.43. The van der Waals surface area contributed by atoms with E-state index in [0.717, 1.165) is 5.82 Å². The van der Waals surface area contributed by atoms with Crippen molar-refractivity contribution in [1.29, 1.82) is 0 Å². The fourth-order valence-corrected chi connectivity index (χ4v) is 1.14. The van der Waals surface area contributed by atoms with Crippen LogP contribution in [0, 0.1) is 0 Å². The van der Waals surface area contributed by atoms with E-state index in [2.05, 4.69) is 20.3 Å². The number of rotatable bonds is 2. The molecule has 0 saturated heterocycles. The largest absolute Gasteiger partial charge is 0.325 e. The van der Waals surface area contributed by atoms with Crippen LogP contribution in [0.5, 0.6) is 0 Å². The monoisotopic (exact) mass is 203 g/mol. The fourth-order valence-electron chi connectivity index (χ4n) is 0.978. The first-order chi connectivity index (χ1) is 6.84. The molecule has 14 heavy (non-hydrogen) atoms. The molecule has 2 aromatic rings. The van der Waals surface area contributed by atoms with E-state index in [1.807, 2.05) is 18.2 Å². The molecule has 0 aromatic carbocycles. The Morgan fingerprint density at radius 1 is 1.00 bits per heavy atom. The standard InChI is InChI=1S/C9H7N4S/c14-9-11-6-4-8(13-9)12-7-3-1-2-5-10-7/h1-6H,(H,10,11,12,13). The Bertz CT molecular complexity index is 418. The molecule has 0 unspecified atom stereocenters. The molecule has 4 nitrogen and oxygen atoms in total. The van der Waals surface area contributed by atoms with Crippen molar-refractivity contribution in [2.24, 2.45) is 0 Å². The average Bonchev–Trinajstić information content (AvgIpc) is 2.19. The molecule has 0 aliphatic heterocycles. The fraction of sp³-hybridized carbons (Fsp3) is 0. The van der Waals surface area contributed by atoms with Crippen molar-refractivity contribution in [3.8, 4) is 0 Å². The van der Waals surface area contributed by atoms with Crippen LogP contribution in [-0.2, 0) is 0 Å². The van der Waals surface area contributed by atoms with Gasteiger partial charge in [0.25, 0.3) is 0 Å². The van der Waals surface area contributed by atoms with Gasteiger partial charge < -0.3 is 5.32 Å². The molecule has 0 atom stereocenters. The maximum Gasteiger partial charge on any atom is 0.221 e. The van der Waals surface area contributed by atoms with E-state index < -0.39 is 0 Å². The second-order valence-corrected chi connectivity index (χ2v) is 2.93. The summed E-state index contributed by atoms with van der Waals surface area (Å²) in [5, 5.41) is 3.34. The lowest BCUT2D eigenvalue weighted by atomic mass is 10.4. The van der Waals surface area contributed by atoms with E-state index in [-0.39, 0.29) is 0 Å². The highest BCUT2D eigenvalue weighted by Crippen LogP contribution is 2.10. The molecule has 0 saturated carbocycles. The Balaban J connectivity index is 2.19. The molecule has 1 N–H and O–H groups in total. The van der Waals surface area contributed by atoms with Crippen molar-refractivity contribution >= 4 is 24.3 Å². The number of pyridine rings is 1.